The lowest BCUT2D eigenvalue weighted by molar-refractivity contribution is 0.132. The van der Waals surface area contributed by atoms with Crippen molar-refractivity contribution >= 4 is 22.4 Å². The second-order valence-electron chi connectivity index (χ2n) is 6.05. The van der Waals surface area contributed by atoms with Gasteiger partial charge >= 0.3 is 0 Å². The second kappa shape index (κ2) is 10.3. The lowest BCUT2D eigenvalue weighted by atomic mass is 10.2. The van der Waals surface area contributed by atoms with Crippen LogP contribution in [-0.2, 0) is 9.47 Å². The van der Waals surface area contributed by atoms with Crippen LogP contribution in [0.1, 0.15) is 6.93 Å². The number of terminal acetylenes is 1. The highest BCUT2D eigenvalue weighted by atomic mass is 16.5. The van der Waals surface area contributed by atoms with Crippen LogP contribution >= 0.6 is 0 Å². The van der Waals surface area contributed by atoms with Crippen LogP contribution in [0.5, 0.6) is 11.5 Å². The van der Waals surface area contributed by atoms with Crippen LogP contribution in [-0.4, -0.2) is 50.6 Å². The average Bonchev–Trinajstić information content (AvgIpc) is 2.75. The zero-order valence-electron chi connectivity index (χ0n) is 17.4. The Kier molecular flexibility index (Phi) is 6.73. The molecule has 1 aromatic heterocycles. The number of benzene rings is 2. The molecule has 7 heteroatoms. The Morgan fingerprint density at radius 1 is 1.00 bits per heavy atom. The van der Waals surface area contributed by atoms with E-state index in [1.165, 1.54) is 6.33 Å². The van der Waals surface area contributed by atoms with Gasteiger partial charge in [-0.1, -0.05) is 12.0 Å². The molecule has 3 rings (SSSR count). The fraction of sp³-hybridized carbons (Fsp3) is 0.273. The van der Waals surface area contributed by atoms with Gasteiger partial charge in [-0.25, -0.2) is 9.97 Å². The van der Waals surface area contributed by atoms with Gasteiger partial charge in [0.1, 0.15) is 26.7 Å². The van der Waals surface area contributed by atoms with E-state index in [1.54, 1.807) is 14.2 Å². The summed E-state index contributed by atoms with van der Waals surface area (Å²) in [6.07, 6.45) is 3.65. The van der Waals surface area contributed by atoms with Gasteiger partial charge in [-0.05, 0) is 24.3 Å². The Bertz CT molecular complexity index is 1050. The van der Waals surface area contributed by atoms with Crippen molar-refractivity contribution in [3.05, 3.63) is 48.3 Å². The molecule has 7 nitrogen and oxygen atoms in total. The highest BCUT2D eigenvalue weighted by Crippen LogP contribution is 2.35. The number of nitrogens with one attached hydrogen (secondary N) is 1. The standard InChI is InChI=1S/C22H23N3O4/c1-4-16-6-5-7-17(12-16)25-22-18-13-20(28-10-8-26-2)21(29-11-9-27-3)14-19(18)23-15-24-22/h1,5-7,12-15H,8-11H2,2-3H3,(H,23,24,25)/i1D. The van der Waals surface area contributed by atoms with Crippen LogP contribution in [0, 0.1) is 12.3 Å². The van der Waals surface area contributed by atoms with E-state index in [0.29, 0.717) is 49.3 Å². The van der Waals surface area contributed by atoms with Gasteiger partial charge in [0.15, 0.2) is 11.5 Å². The van der Waals surface area contributed by atoms with Gasteiger partial charge in [0.25, 0.3) is 0 Å². The van der Waals surface area contributed by atoms with E-state index in [4.69, 9.17) is 20.3 Å². The van der Waals surface area contributed by atoms with Crippen LogP contribution in [0.25, 0.3) is 10.9 Å². The molecule has 0 fully saturated rings. The van der Waals surface area contributed by atoms with Gasteiger partial charge in [-0.15, -0.1) is 6.40 Å². The van der Waals surface area contributed by atoms with Crippen molar-refractivity contribution in [1.82, 2.24) is 9.97 Å². The Morgan fingerprint density at radius 3 is 2.48 bits per heavy atom. The predicted octanol–water partition coefficient (Wildman–Crippen LogP) is 3.41. The third-order valence-electron chi connectivity index (χ3n) is 4.06. The number of aromatic nitrogens is 2. The largest absolute Gasteiger partial charge is 0.487 e. The van der Waals surface area contributed by atoms with E-state index < -0.39 is 0 Å². The molecule has 0 saturated carbocycles. The molecule has 0 radical (unpaired) electrons. The summed E-state index contributed by atoms with van der Waals surface area (Å²) in [5.41, 5.74) is 2.25. The molecule has 2 aromatic carbocycles. The van der Waals surface area contributed by atoms with Gasteiger partial charge in [-0.3, -0.25) is 0 Å². The fourth-order valence-corrected chi connectivity index (χ4v) is 2.67. The Labute approximate surface area is 171 Å². The Morgan fingerprint density at radius 2 is 1.76 bits per heavy atom. The molecule has 29 heavy (non-hydrogen) atoms. The monoisotopic (exact) mass is 394 g/mol. The average molecular weight is 394 g/mol. The summed E-state index contributed by atoms with van der Waals surface area (Å²) in [5.74, 6) is 4.50. The number of anilines is 2. The van der Waals surface area contributed by atoms with E-state index in [0.717, 1.165) is 16.6 Å². The maximum atomic E-state index is 7.07. The summed E-state index contributed by atoms with van der Waals surface area (Å²) < 4.78 is 28.9. The maximum Gasteiger partial charge on any atom is 0.163 e. The van der Waals surface area contributed by atoms with Gasteiger partial charge in [0, 0.05) is 36.9 Å². The minimum atomic E-state index is 0.382. The summed E-state index contributed by atoms with van der Waals surface area (Å²) >= 11 is 0. The number of hydrogen-bond donors (Lipinski definition) is 1. The van der Waals surface area contributed by atoms with E-state index in [2.05, 4.69) is 27.6 Å². The first-order chi connectivity index (χ1) is 14.7. The van der Waals surface area contributed by atoms with Crippen LogP contribution in [0.4, 0.5) is 11.5 Å². The summed E-state index contributed by atoms with van der Waals surface area (Å²) in [6.45, 7) is 1.69. The molecule has 0 saturated heterocycles. The van der Waals surface area contributed by atoms with Crippen LogP contribution in [0.15, 0.2) is 42.7 Å². The molecule has 0 aliphatic carbocycles. The zero-order valence-corrected chi connectivity index (χ0v) is 16.4. The Hall–Kier alpha value is -3.34. The molecule has 0 bridgehead atoms. The van der Waals surface area contributed by atoms with Gasteiger partial charge in [0.05, 0.1) is 18.7 Å². The first-order valence-electron chi connectivity index (χ1n) is 9.57. The van der Waals surface area contributed by atoms with E-state index in [1.807, 2.05) is 36.4 Å². The molecule has 0 aliphatic rings. The van der Waals surface area contributed by atoms with Crippen LogP contribution in [0.2, 0.25) is 0 Å². The number of nitrogens with zero attached hydrogens (tertiary/aromatic N) is 2. The zero-order chi connectivity index (χ0) is 21.2. The first-order valence-corrected chi connectivity index (χ1v) is 9.07. The highest BCUT2D eigenvalue weighted by Gasteiger charge is 2.13. The van der Waals surface area contributed by atoms with Crippen molar-refractivity contribution in [1.29, 1.82) is 0 Å². The summed E-state index contributed by atoms with van der Waals surface area (Å²) in [6, 6.07) is 11.1. The molecule has 0 spiro atoms. The minimum Gasteiger partial charge on any atom is -0.487 e. The molecule has 3 aromatic rings. The molecule has 1 N–H and O–H groups in total. The summed E-state index contributed by atoms with van der Waals surface area (Å²) in [7, 11) is 3.24. The van der Waals surface area contributed by atoms with Crippen molar-refractivity contribution in [2.45, 2.75) is 0 Å². The van der Waals surface area contributed by atoms with E-state index in [-0.39, 0.29) is 0 Å². The number of rotatable bonds is 10. The van der Waals surface area contributed by atoms with Gasteiger partial charge < -0.3 is 24.3 Å². The van der Waals surface area contributed by atoms with Crippen molar-refractivity contribution in [3.63, 3.8) is 0 Å². The molecule has 0 unspecified atom stereocenters. The highest BCUT2D eigenvalue weighted by molar-refractivity contribution is 5.93. The summed E-state index contributed by atoms with van der Waals surface area (Å²) in [5, 5.41) is 4.07. The topological polar surface area (TPSA) is 74.7 Å². The normalized spacial score (nSPS) is 10.8. The predicted molar refractivity (Wildman–Crippen MR) is 112 cm³/mol. The number of fused-ring (bicyclic) bond motifs is 1. The quantitative estimate of drug-likeness (QED) is 0.417. The maximum absolute atomic E-state index is 7.07. The third-order valence-corrected chi connectivity index (χ3v) is 4.06. The van der Waals surface area contributed by atoms with Gasteiger partial charge in [0.2, 0.25) is 0 Å². The van der Waals surface area contributed by atoms with Crippen molar-refractivity contribution in [3.8, 4) is 23.8 Å². The first kappa shape index (κ1) is 19.0. The molecule has 0 aliphatic heterocycles. The Balaban J connectivity index is 1.95. The number of methoxy groups -OCH3 is 2. The van der Waals surface area contributed by atoms with E-state index in [9.17, 15) is 0 Å². The number of hydrogen-bond acceptors (Lipinski definition) is 7. The van der Waals surface area contributed by atoms with Crippen LogP contribution in [0.3, 0.4) is 0 Å². The van der Waals surface area contributed by atoms with Crippen molar-refractivity contribution < 1.29 is 20.3 Å². The molecule has 0 atom stereocenters. The van der Waals surface area contributed by atoms with Gasteiger partial charge in [-0.2, -0.15) is 0 Å². The molecule has 0 amide bonds. The minimum absolute atomic E-state index is 0.382. The lowest BCUT2D eigenvalue weighted by Gasteiger charge is -2.15. The SMILES string of the molecule is [2H]C#Cc1cccc(Nc2ncnc3cc(OCCOC)c(OCCOC)cc23)c1. The third kappa shape index (κ3) is 5.35. The number of ether oxygens (including phenoxy) is 4. The van der Waals surface area contributed by atoms with Crippen molar-refractivity contribution in [2.75, 3.05) is 46.0 Å². The molecule has 1 heterocycles. The second-order valence-corrected chi connectivity index (χ2v) is 6.05. The molecular weight excluding hydrogens is 370 g/mol. The molecular formula is C22H23N3O4. The lowest BCUT2D eigenvalue weighted by Crippen LogP contribution is -2.09. The van der Waals surface area contributed by atoms with Crippen molar-refractivity contribution in [2.24, 2.45) is 0 Å². The summed E-state index contributed by atoms with van der Waals surface area (Å²) in [4.78, 5) is 8.75. The smallest absolute Gasteiger partial charge is 0.163 e. The molecule has 150 valence electrons. The fourth-order valence-electron chi connectivity index (χ4n) is 2.67. The van der Waals surface area contributed by atoms with Crippen LogP contribution < -0.4 is 14.8 Å². The van der Waals surface area contributed by atoms with E-state index >= 15 is 0 Å².